The average molecular weight is 431 g/mol. The molecule has 0 saturated carbocycles. The maximum atomic E-state index is 5.78. The smallest absolute Gasteiger partial charge is 0.224 e. The minimum Gasteiger partial charge on any atom is -0.253 e. The molecule has 25 heavy (non-hydrogen) atoms. The minimum absolute atomic E-state index is 0.195. The first kappa shape index (κ1) is 18.2. The Balaban J connectivity index is 0.000000150. The molecule has 0 atom stereocenters. The van der Waals surface area contributed by atoms with Crippen LogP contribution >= 0.6 is 57.7 Å². The lowest BCUT2D eigenvalue weighted by atomic mass is 10.3. The van der Waals surface area contributed by atoms with Gasteiger partial charge in [-0.1, -0.05) is 40.9 Å². The van der Waals surface area contributed by atoms with E-state index in [1.54, 1.807) is 12.3 Å². The molecule has 0 aliphatic rings. The van der Waals surface area contributed by atoms with Gasteiger partial charge in [0.25, 0.3) is 0 Å². The van der Waals surface area contributed by atoms with Crippen LogP contribution in [0.3, 0.4) is 0 Å². The third kappa shape index (κ3) is 4.74. The van der Waals surface area contributed by atoms with Gasteiger partial charge >= 0.3 is 0 Å². The Kier molecular flexibility index (Phi) is 5.98. The Morgan fingerprint density at radius 3 is 2.28 bits per heavy atom. The van der Waals surface area contributed by atoms with E-state index in [2.05, 4.69) is 24.9 Å². The molecule has 0 radical (unpaired) electrons. The molecule has 5 nitrogen and oxygen atoms in total. The topological polar surface area (TPSA) is 64.5 Å². The highest BCUT2D eigenvalue weighted by Crippen LogP contribution is 2.26. The summed E-state index contributed by atoms with van der Waals surface area (Å²) in [5, 5.41) is 3.15. The van der Waals surface area contributed by atoms with Gasteiger partial charge in [0, 0.05) is 12.3 Å². The first-order chi connectivity index (χ1) is 12.0. The van der Waals surface area contributed by atoms with Crippen LogP contribution in [0.2, 0.25) is 20.7 Å². The van der Waals surface area contributed by atoms with Crippen LogP contribution < -0.4 is 0 Å². The molecule has 0 aliphatic heterocycles. The predicted octanol–water partition coefficient (Wildman–Crippen LogP) is 5.84. The van der Waals surface area contributed by atoms with Crippen LogP contribution in [0.15, 0.2) is 41.9 Å². The fraction of sp³-hybridized carbons (Fsp3) is 0. The largest absolute Gasteiger partial charge is 0.253 e. The van der Waals surface area contributed by atoms with Crippen LogP contribution in [-0.4, -0.2) is 24.9 Å². The van der Waals surface area contributed by atoms with E-state index >= 15 is 0 Å². The Morgan fingerprint density at radius 2 is 1.60 bits per heavy atom. The SMILES string of the molecule is Clc1cc(Cl)nc(-c2ccccn2)n1.Clc1nc(Cl)c2sccc2n1. The zero-order chi connectivity index (χ0) is 17.8. The average Bonchev–Trinajstić information content (AvgIpc) is 3.04. The van der Waals surface area contributed by atoms with Gasteiger partial charge in [0.1, 0.15) is 16.0 Å². The van der Waals surface area contributed by atoms with Crippen molar-refractivity contribution in [3.05, 3.63) is 62.7 Å². The molecule has 0 unspecified atom stereocenters. The van der Waals surface area contributed by atoms with E-state index in [1.165, 1.54) is 17.4 Å². The predicted molar refractivity (Wildman–Crippen MR) is 103 cm³/mol. The third-order valence-electron chi connectivity index (χ3n) is 2.79. The molecule has 4 rings (SSSR count). The number of hydrogen-bond donors (Lipinski definition) is 0. The van der Waals surface area contributed by atoms with Gasteiger partial charge in [-0.05, 0) is 35.2 Å². The van der Waals surface area contributed by atoms with Gasteiger partial charge in [0.15, 0.2) is 11.0 Å². The van der Waals surface area contributed by atoms with Gasteiger partial charge in [-0.15, -0.1) is 11.3 Å². The van der Waals surface area contributed by atoms with Crippen LogP contribution in [0, 0.1) is 0 Å². The first-order valence-corrected chi connectivity index (χ1v) is 9.10. The summed E-state index contributed by atoms with van der Waals surface area (Å²) in [4.78, 5) is 19.9. The Morgan fingerprint density at radius 1 is 0.840 bits per heavy atom. The van der Waals surface area contributed by atoms with Crippen molar-refractivity contribution in [3.63, 3.8) is 0 Å². The molecule has 0 N–H and O–H groups in total. The summed E-state index contributed by atoms with van der Waals surface area (Å²) in [6.07, 6.45) is 1.66. The number of fused-ring (bicyclic) bond motifs is 1. The van der Waals surface area contributed by atoms with Crippen LogP contribution in [0.4, 0.5) is 0 Å². The van der Waals surface area contributed by atoms with Crippen LogP contribution in [-0.2, 0) is 0 Å². The van der Waals surface area contributed by atoms with Crippen molar-refractivity contribution in [2.45, 2.75) is 0 Å². The van der Waals surface area contributed by atoms with E-state index in [-0.39, 0.29) is 5.28 Å². The fourth-order valence-electron chi connectivity index (χ4n) is 1.80. The molecule has 4 aromatic rings. The van der Waals surface area contributed by atoms with E-state index in [9.17, 15) is 0 Å². The number of pyridine rings is 1. The molecule has 0 aromatic carbocycles. The molecule has 126 valence electrons. The highest BCUT2D eigenvalue weighted by Gasteiger charge is 2.05. The van der Waals surface area contributed by atoms with Crippen molar-refractivity contribution >= 4 is 68.0 Å². The number of rotatable bonds is 1. The molecule has 0 spiro atoms. The molecule has 0 amide bonds. The highest BCUT2D eigenvalue weighted by atomic mass is 35.5. The van der Waals surface area contributed by atoms with E-state index in [0.717, 1.165) is 10.2 Å². The maximum Gasteiger partial charge on any atom is 0.224 e. The second-order valence-electron chi connectivity index (χ2n) is 4.47. The van der Waals surface area contributed by atoms with Crippen LogP contribution in [0.1, 0.15) is 0 Å². The highest BCUT2D eigenvalue weighted by molar-refractivity contribution is 7.17. The fourth-order valence-corrected chi connectivity index (χ4v) is 3.46. The van der Waals surface area contributed by atoms with Gasteiger partial charge in [-0.25, -0.2) is 19.9 Å². The lowest BCUT2D eigenvalue weighted by Gasteiger charge is -1.99. The zero-order valence-electron chi connectivity index (χ0n) is 12.2. The summed E-state index contributed by atoms with van der Waals surface area (Å²) in [7, 11) is 0. The molecule has 0 saturated heterocycles. The second kappa shape index (κ2) is 8.21. The van der Waals surface area contributed by atoms with Gasteiger partial charge in [-0.3, -0.25) is 4.98 Å². The molecular weight excluding hydrogens is 424 g/mol. The summed E-state index contributed by atoms with van der Waals surface area (Å²) < 4.78 is 0.885. The summed E-state index contributed by atoms with van der Waals surface area (Å²) in [6.45, 7) is 0. The quantitative estimate of drug-likeness (QED) is 0.280. The number of halogens is 4. The Labute approximate surface area is 166 Å². The van der Waals surface area contributed by atoms with Crippen molar-refractivity contribution in [1.29, 1.82) is 0 Å². The standard InChI is InChI=1S/C9H5Cl2N3.C6H2Cl2N2S/c10-7-5-8(11)14-9(13-7)6-3-1-2-4-12-6;7-5-4-3(1-2-11-4)9-6(8)10-5/h1-5H;1-2H. The summed E-state index contributed by atoms with van der Waals surface area (Å²) in [6, 6.07) is 8.80. The van der Waals surface area contributed by atoms with Crippen molar-refractivity contribution < 1.29 is 0 Å². The van der Waals surface area contributed by atoms with Crippen LogP contribution in [0.25, 0.3) is 21.7 Å². The van der Waals surface area contributed by atoms with Crippen molar-refractivity contribution in [1.82, 2.24) is 24.9 Å². The molecule has 0 aliphatic carbocycles. The minimum atomic E-state index is 0.195. The number of thiophene rings is 1. The number of hydrogen-bond acceptors (Lipinski definition) is 6. The first-order valence-electron chi connectivity index (χ1n) is 6.70. The number of nitrogens with zero attached hydrogens (tertiary/aromatic N) is 5. The summed E-state index contributed by atoms with van der Waals surface area (Å²) in [5.74, 6) is 0.433. The molecule has 0 bridgehead atoms. The summed E-state index contributed by atoms with van der Waals surface area (Å²) >= 11 is 24.3. The van der Waals surface area contributed by atoms with E-state index in [1.807, 2.05) is 23.6 Å². The summed E-state index contributed by atoms with van der Waals surface area (Å²) in [5.41, 5.74) is 1.46. The zero-order valence-corrected chi connectivity index (χ0v) is 16.0. The molecule has 4 aromatic heterocycles. The monoisotopic (exact) mass is 429 g/mol. The van der Waals surface area contributed by atoms with Gasteiger partial charge in [0.05, 0.1) is 10.2 Å². The van der Waals surface area contributed by atoms with Crippen molar-refractivity contribution in [2.24, 2.45) is 0 Å². The number of aromatic nitrogens is 5. The normalized spacial score (nSPS) is 10.4. The van der Waals surface area contributed by atoms with Crippen LogP contribution in [0.5, 0.6) is 0 Å². The lowest BCUT2D eigenvalue weighted by molar-refractivity contribution is 1.14. The molecular formula is C15H7Cl4N5S. The maximum absolute atomic E-state index is 5.78. The van der Waals surface area contributed by atoms with E-state index < -0.39 is 0 Å². The van der Waals surface area contributed by atoms with E-state index in [4.69, 9.17) is 46.4 Å². The Bertz CT molecular complexity index is 989. The van der Waals surface area contributed by atoms with E-state index in [0.29, 0.717) is 27.0 Å². The lowest BCUT2D eigenvalue weighted by Crippen LogP contribution is -1.91. The molecule has 0 fully saturated rings. The Hall–Kier alpha value is -1.57. The van der Waals surface area contributed by atoms with Gasteiger partial charge < -0.3 is 0 Å². The van der Waals surface area contributed by atoms with Crippen molar-refractivity contribution in [2.75, 3.05) is 0 Å². The van der Waals surface area contributed by atoms with Gasteiger partial charge in [0.2, 0.25) is 5.28 Å². The molecule has 10 heteroatoms. The van der Waals surface area contributed by atoms with Crippen molar-refractivity contribution in [3.8, 4) is 11.5 Å². The molecule has 4 heterocycles. The van der Waals surface area contributed by atoms with Gasteiger partial charge in [-0.2, -0.15) is 0 Å². The third-order valence-corrected chi connectivity index (χ3v) is 4.64. The second-order valence-corrected chi connectivity index (χ2v) is 6.86.